The Morgan fingerprint density at radius 2 is 0.818 bits per heavy atom. The molecular formula is C32H58O. The van der Waals surface area contributed by atoms with Crippen LogP contribution in [0.5, 0.6) is 5.75 Å². The molecule has 0 aliphatic heterocycles. The minimum atomic E-state index is -0.0330. The highest BCUT2D eigenvalue weighted by molar-refractivity contribution is 5.49. The molecule has 1 aromatic rings. The molecule has 192 valence electrons. The van der Waals surface area contributed by atoms with Gasteiger partial charge in [-0.2, -0.15) is 0 Å². The van der Waals surface area contributed by atoms with Crippen molar-refractivity contribution in [3.8, 4) is 5.75 Å². The molecule has 1 N–H and O–H groups in total. The second-order valence-corrected chi connectivity index (χ2v) is 12.6. The molecular weight excluding hydrogens is 400 g/mol. The van der Waals surface area contributed by atoms with Crippen molar-refractivity contribution in [2.24, 2.45) is 0 Å². The summed E-state index contributed by atoms with van der Waals surface area (Å²) in [5.41, 5.74) is 3.53. The third kappa shape index (κ3) is 12.9. The third-order valence-electron chi connectivity index (χ3n) is 7.10. The quantitative estimate of drug-likeness (QED) is 0.230. The number of aromatic hydroxyl groups is 1. The highest BCUT2D eigenvalue weighted by Crippen LogP contribution is 2.40. The summed E-state index contributed by atoms with van der Waals surface area (Å²) in [6.07, 6.45) is 23.7. The van der Waals surface area contributed by atoms with E-state index in [1.54, 1.807) is 0 Å². The van der Waals surface area contributed by atoms with Gasteiger partial charge in [-0.1, -0.05) is 157 Å². The fraction of sp³-hybridized carbons (Fsp3) is 0.812. The van der Waals surface area contributed by atoms with Gasteiger partial charge in [-0.05, 0) is 40.4 Å². The Bertz CT molecular complexity index is 594. The number of benzene rings is 1. The van der Waals surface area contributed by atoms with E-state index in [9.17, 15) is 5.11 Å². The van der Waals surface area contributed by atoms with Crippen molar-refractivity contribution in [2.75, 3.05) is 0 Å². The number of hydrogen-bond donors (Lipinski definition) is 1. The molecule has 0 amide bonds. The van der Waals surface area contributed by atoms with Crippen molar-refractivity contribution < 1.29 is 5.11 Å². The van der Waals surface area contributed by atoms with E-state index in [1.165, 1.54) is 108 Å². The Morgan fingerprint density at radius 1 is 0.515 bits per heavy atom. The molecule has 0 aromatic heterocycles. The lowest BCUT2D eigenvalue weighted by molar-refractivity contribution is 0.422. The van der Waals surface area contributed by atoms with Crippen molar-refractivity contribution >= 4 is 0 Å². The molecule has 0 bridgehead atoms. The lowest BCUT2D eigenvalue weighted by atomic mass is 9.78. The standard InChI is InChI=1S/C32H58O/c1-8-9-10-11-12-13-14-15-16-17-18-19-20-21-22-23-24-27-25-28(31(2,3)4)30(33)29(26-27)32(5,6)7/h25-26,33H,8-24H2,1-7H3. The number of rotatable bonds is 17. The third-order valence-corrected chi connectivity index (χ3v) is 7.10. The normalized spacial score (nSPS) is 12.5. The molecule has 1 heteroatoms. The predicted octanol–water partition coefficient (Wildman–Crippen LogP) is 10.8. The van der Waals surface area contributed by atoms with Gasteiger partial charge in [-0.3, -0.25) is 0 Å². The van der Waals surface area contributed by atoms with E-state index in [0.717, 1.165) is 17.5 Å². The zero-order valence-electron chi connectivity index (χ0n) is 23.6. The topological polar surface area (TPSA) is 20.2 Å². The van der Waals surface area contributed by atoms with Gasteiger partial charge in [0.25, 0.3) is 0 Å². The Labute approximate surface area is 208 Å². The highest BCUT2D eigenvalue weighted by atomic mass is 16.3. The van der Waals surface area contributed by atoms with Gasteiger partial charge in [0.2, 0.25) is 0 Å². The summed E-state index contributed by atoms with van der Waals surface area (Å²) < 4.78 is 0. The van der Waals surface area contributed by atoms with Crippen molar-refractivity contribution in [3.05, 3.63) is 28.8 Å². The first-order valence-corrected chi connectivity index (χ1v) is 14.4. The molecule has 0 heterocycles. The van der Waals surface area contributed by atoms with Gasteiger partial charge in [-0.25, -0.2) is 0 Å². The lowest BCUT2D eigenvalue weighted by Gasteiger charge is -2.28. The maximum Gasteiger partial charge on any atom is 0.123 e. The minimum absolute atomic E-state index is 0.0330. The average Bonchev–Trinajstić information content (AvgIpc) is 2.72. The fourth-order valence-electron chi connectivity index (χ4n) is 4.86. The average molecular weight is 459 g/mol. The molecule has 0 fully saturated rings. The maximum atomic E-state index is 10.9. The van der Waals surface area contributed by atoms with Crippen LogP contribution in [0.2, 0.25) is 0 Å². The van der Waals surface area contributed by atoms with Gasteiger partial charge in [0.1, 0.15) is 5.75 Å². The molecule has 1 aromatic carbocycles. The zero-order valence-corrected chi connectivity index (χ0v) is 23.6. The first-order valence-electron chi connectivity index (χ1n) is 14.4. The van der Waals surface area contributed by atoms with Crippen molar-refractivity contribution in [2.45, 2.75) is 168 Å². The van der Waals surface area contributed by atoms with Gasteiger partial charge in [-0.15, -0.1) is 0 Å². The number of hydrogen-bond acceptors (Lipinski definition) is 1. The van der Waals surface area contributed by atoms with Gasteiger partial charge in [0.15, 0.2) is 0 Å². The first-order chi connectivity index (χ1) is 15.6. The Hall–Kier alpha value is -0.980. The molecule has 0 aliphatic rings. The highest BCUT2D eigenvalue weighted by Gasteiger charge is 2.26. The van der Waals surface area contributed by atoms with Crippen LogP contribution in [-0.2, 0) is 17.3 Å². The molecule has 0 unspecified atom stereocenters. The van der Waals surface area contributed by atoms with E-state index in [1.807, 2.05) is 0 Å². The van der Waals surface area contributed by atoms with E-state index in [-0.39, 0.29) is 10.8 Å². The van der Waals surface area contributed by atoms with E-state index in [4.69, 9.17) is 0 Å². The molecule has 0 radical (unpaired) electrons. The van der Waals surface area contributed by atoms with Gasteiger partial charge in [0, 0.05) is 0 Å². The van der Waals surface area contributed by atoms with Crippen molar-refractivity contribution in [3.63, 3.8) is 0 Å². The molecule has 1 rings (SSSR count). The van der Waals surface area contributed by atoms with Gasteiger partial charge >= 0.3 is 0 Å². The molecule has 0 saturated heterocycles. The van der Waals surface area contributed by atoms with Crippen LogP contribution in [0, 0.1) is 0 Å². The van der Waals surface area contributed by atoms with Crippen LogP contribution in [0.1, 0.15) is 168 Å². The molecule has 0 saturated carbocycles. The fourth-order valence-corrected chi connectivity index (χ4v) is 4.86. The van der Waals surface area contributed by atoms with Crippen LogP contribution in [0.25, 0.3) is 0 Å². The van der Waals surface area contributed by atoms with Crippen LogP contribution < -0.4 is 0 Å². The predicted molar refractivity (Wildman–Crippen MR) is 149 cm³/mol. The van der Waals surface area contributed by atoms with Gasteiger partial charge < -0.3 is 5.11 Å². The van der Waals surface area contributed by atoms with Crippen LogP contribution in [-0.4, -0.2) is 5.11 Å². The van der Waals surface area contributed by atoms with Crippen LogP contribution in [0.15, 0.2) is 12.1 Å². The summed E-state index contributed by atoms with van der Waals surface area (Å²) >= 11 is 0. The Morgan fingerprint density at radius 3 is 1.12 bits per heavy atom. The van der Waals surface area contributed by atoms with E-state index < -0.39 is 0 Å². The first kappa shape index (κ1) is 30.1. The molecule has 0 atom stereocenters. The lowest BCUT2D eigenvalue weighted by Crippen LogP contribution is -2.18. The smallest absolute Gasteiger partial charge is 0.123 e. The number of aryl methyl sites for hydroxylation is 1. The minimum Gasteiger partial charge on any atom is -0.507 e. The summed E-state index contributed by atoms with van der Waals surface area (Å²) in [6, 6.07) is 4.52. The van der Waals surface area contributed by atoms with Crippen molar-refractivity contribution in [1.82, 2.24) is 0 Å². The summed E-state index contributed by atoms with van der Waals surface area (Å²) in [6.45, 7) is 15.5. The largest absolute Gasteiger partial charge is 0.507 e. The molecule has 0 spiro atoms. The van der Waals surface area contributed by atoms with E-state index in [2.05, 4.69) is 60.6 Å². The second-order valence-electron chi connectivity index (χ2n) is 12.6. The second kappa shape index (κ2) is 15.8. The summed E-state index contributed by atoms with van der Waals surface area (Å²) in [4.78, 5) is 0. The van der Waals surface area contributed by atoms with Crippen LogP contribution >= 0.6 is 0 Å². The monoisotopic (exact) mass is 458 g/mol. The van der Waals surface area contributed by atoms with E-state index >= 15 is 0 Å². The molecule has 1 nitrogen and oxygen atoms in total. The number of unbranched alkanes of at least 4 members (excludes halogenated alkanes) is 15. The number of phenolic OH excluding ortho intramolecular Hbond substituents is 1. The number of phenols is 1. The summed E-state index contributed by atoms with van der Waals surface area (Å²) in [5.74, 6) is 0.505. The summed E-state index contributed by atoms with van der Waals surface area (Å²) in [5, 5.41) is 10.9. The summed E-state index contributed by atoms with van der Waals surface area (Å²) in [7, 11) is 0. The SMILES string of the molecule is CCCCCCCCCCCCCCCCCCc1cc(C(C)(C)C)c(O)c(C(C)(C)C)c1. The van der Waals surface area contributed by atoms with Crippen LogP contribution in [0.4, 0.5) is 0 Å². The molecule has 0 aliphatic carbocycles. The molecule has 33 heavy (non-hydrogen) atoms. The van der Waals surface area contributed by atoms with Crippen molar-refractivity contribution in [1.29, 1.82) is 0 Å². The maximum absolute atomic E-state index is 10.9. The van der Waals surface area contributed by atoms with E-state index in [0.29, 0.717) is 5.75 Å². The zero-order chi connectivity index (χ0) is 24.7. The van der Waals surface area contributed by atoms with Gasteiger partial charge in [0.05, 0.1) is 0 Å². The Kier molecular flexibility index (Phi) is 14.4. The van der Waals surface area contributed by atoms with Crippen LogP contribution in [0.3, 0.4) is 0 Å². The Balaban J connectivity index is 2.19.